The predicted octanol–water partition coefficient (Wildman–Crippen LogP) is 4.69. The van der Waals surface area contributed by atoms with Crippen molar-refractivity contribution in [1.82, 2.24) is 10.0 Å². The highest BCUT2D eigenvalue weighted by molar-refractivity contribution is 7.89. The number of hydrogen-bond donors (Lipinski definition) is 4. The molecule has 3 rings (SSSR count). The number of carbonyl (C=O) groups excluding carboxylic acids is 1. The first-order valence-corrected chi connectivity index (χ1v) is 12.5. The monoisotopic (exact) mass is 498 g/mol. The molecule has 3 aromatic rings. The Morgan fingerprint density at radius 2 is 1.37 bits per heavy atom. The van der Waals surface area contributed by atoms with Crippen molar-refractivity contribution in [2.24, 2.45) is 0 Å². The van der Waals surface area contributed by atoms with Gasteiger partial charge in [0.25, 0.3) is 0 Å². The Kier molecular flexibility index (Phi) is 7.72. The van der Waals surface area contributed by atoms with Gasteiger partial charge in [-0.1, -0.05) is 42.0 Å². The van der Waals surface area contributed by atoms with Crippen molar-refractivity contribution in [2.45, 2.75) is 50.3 Å². The van der Waals surface area contributed by atoms with Crippen LogP contribution in [0.1, 0.15) is 49.5 Å². The fraction of sp³-hybridized carbons (Fsp3) is 0.269. The Morgan fingerprint density at radius 3 is 1.86 bits per heavy atom. The number of hydrogen-bond acceptors (Lipinski definition) is 6. The second-order valence-electron chi connectivity index (χ2n) is 9.23. The van der Waals surface area contributed by atoms with Crippen LogP contribution in [0, 0.1) is 6.92 Å². The van der Waals surface area contributed by atoms with E-state index in [1.165, 1.54) is 36.4 Å². The van der Waals surface area contributed by atoms with Gasteiger partial charge in [-0.05, 0) is 75.2 Å². The van der Waals surface area contributed by atoms with Gasteiger partial charge in [0.05, 0.1) is 17.0 Å². The number of aryl methyl sites for hydroxylation is 1. The third-order valence-electron chi connectivity index (χ3n) is 5.08. The van der Waals surface area contributed by atoms with Gasteiger partial charge in [-0.25, -0.2) is 17.9 Å². The minimum absolute atomic E-state index is 0.0418. The van der Waals surface area contributed by atoms with Gasteiger partial charge in [-0.2, -0.15) is 0 Å². The number of benzene rings is 3. The molecule has 0 aliphatic carbocycles. The summed E-state index contributed by atoms with van der Waals surface area (Å²) in [5, 5.41) is 22.9. The highest BCUT2D eigenvalue weighted by Crippen LogP contribution is 2.34. The fourth-order valence-corrected chi connectivity index (χ4v) is 4.75. The van der Waals surface area contributed by atoms with E-state index in [4.69, 9.17) is 4.74 Å². The number of alkyl carbamates (subject to hydrolysis) is 1. The maximum absolute atomic E-state index is 13.4. The van der Waals surface area contributed by atoms with Crippen molar-refractivity contribution in [2.75, 3.05) is 0 Å². The van der Waals surface area contributed by atoms with Crippen LogP contribution in [0.2, 0.25) is 0 Å². The number of sulfonamides is 1. The summed E-state index contributed by atoms with van der Waals surface area (Å²) >= 11 is 0. The number of aromatic hydroxyl groups is 2. The molecule has 0 spiro atoms. The van der Waals surface area contributed by atoms with Crippen molar-refractivity contribution < 1.29 is 28.2 Å². The summed E-state index contributed by atoms with van der Waals surface area (Å²) in [7, 11) is -4.06. The second kappa shape index (κ2) is 10.4. The molecule has 3 aromatic carbocycles. The summed E-state index contributed by atoms with van der Waals surface area (Å²) < 4.78 is 34.8. The predicted molar refractivity (Wildman–Crippen MR) is 133 cm³/mol. The molecular formula is C26H30N2O6S. The van der Waals surface area contributed by atoms with E-state index in [0.29, 0.717) is 11.1 Å². The van der Waals surface area contributed by atoms with Crippen LogP contribution in [0.4, 0.5) is 4.79 Å². The number of ether oxygens (including phenoxy) is 1. The van der Waals surface area contributed by atoms with Crippen LogP contribution in [0.5, 0.6) is 11.5 Å². The SMILES string of the molecule is Cc1ccc(S(=O)(=O)N[C@H](c2cccc(O)c2)[C@H](NC(=O)OC(C)(C)C)c2cccc(O)c2)cc1. The van der Waals surface area contributed by atoms with Gasteiger partial charge in [0.15, 0.2) is 0 Å². The molecule has 0 bridgehead atoms. The minimum atomic E-state index is -4.06. The van der Waals surface area contributed by atoms with E-state index in [0.717, 1.165) is 5.56 Å². The maximum Gasteiger partial charge on any atom is 0.408 e. The zero-order valence-electron chi connectivity index (χ0n) is 20.0. The Labute approximate surface area is 205 Å². The minimum Gasteiger partial charge on any atom is -0.508 e. The molecule has 0 aromatic heterocycles. The average molecular weight is 499 g/mol. The smallest absolute Gasteiger partial charge is 0.408 e. The molecule has 1 amide bonds. The molecular weight excluding hydrogens is 468 g/mol. The van der Waals surface area contributed by atoms with Gasteiger partial charge in [-0.15, -0.1) is 0 Å². The topological polar surface area (TPSA) is 125 Å². The zero-order valence-corrected chi connectivity index (χ0v) is 20.8. The van der Waals surface area contributed by atoms with Crippen LogP contribution >= 0.6 is 0 Å². The van der Waals surface area contributed by atoms with Gasteiger partial charge in [0.2, 0.25) is 10.0 Å². The summed E-state index contributed by atoms with van der Waals surface area (Å²) in [6.07, 6.45) is -0.773. The molecule has 0 aliphatic rings. The van der Waals surface area contributed by atoms with Crippen LogP contribution < -0.4 is 10.0 Å². The van der Waals surface area contributed by atoms with Crippen molar-refractivity contribution in [3.05, 3.63) is 89.5 Å². The van der Waals surface area contributed by atoms with E-state index < -0.39 is 33.8 Å². The number of phenols is 2. The quantitative estimate of drug-likeness (QED) is 0.374. The standard InChI is InChI=1S/C26H30N2O6S/c1-17-11-13-22(14-12-17)35(32,33)28-24(19-8-6-10-21(30)16-19)23(18-7-5-9-20(29)15-18)27-25(31)34-26(2,3)4/h5-16,23-24,28-30H,1-4H3,(H,27,31)/t23-,24-/m1/s1. The molecule has 186 valence electrons. The Balaban J connectivity index is 2.12. The van der Waals surface area contributed by atoms with Crippen molar-refractivity contribution in [3.63, 3.8) is 0 Å². The molecule has 4 N–H and O–H groups in total. The highest BCUT2D eigenvalue weighted by atomic mass is 32.2. The molecule has 35 heavy (non-hydrogen) atoms. The lowest BCUT2D eigenvalue weighted by molar-refractivity contribution is 0.0493. The van der Waals surface area contributed by atoms with Crippen LogP contribution in [0.25, 0.3) is 0 Å². The number of amides is 1. The molecule has 9 heteroatoms. The first-order valence-electron chi connectivity index (χ1n) is 11.0. The Hall–Kier alpha value is -3.56. The van der Waals surface area contributed by atoms with Gasteiger partial charge in [0, 0.05) is 0 Å². The molecule has 0 radical (unpaired) electrons. The normalized spacial score (nSPS) is 13.6. The average Bonchev–Trinajstić information content (AvgIpc) is 2.75. The fourth-order valence-electron chi connectivity index (χ4n) is 3.51. The number of nitrogens with one attached hydrogen (secondary N) is 2. The lowest BCUT2D eigenvalue weighted by Crippen LogP contribution is -2.42. The first-order chi connectivity index (χ1) is 16.3. The molecule has 0 aliphatic heterocycles. The largest absolute Gasteiger partial charge is 0.508 e. The summed E-state index contributed by atoms with van der Waals surface area (Å²) in [5.74, 6) is -0.136. The molecule has 8 nitrogen and oxygen atoms in total. The maximum atomic E-state index is 13.4. The van der Waals surface area contributed by atoms with E-state index in [9.17, 15) is 23.4 Å². The second-order valence-corrected chi connectivity index (χ2v) is 10.9. The van der Waals surface area contributed by atoms with E-state index in [-0.39, 0.29) is 16.4 Å². The van der Waals surface area contributed by atoms with Gasteiger partial charge in [-0.3, -0.25) is 0 Å². The van der Waals surface area contributed by atoms with Crippen molar-refractivity contribution in [1.29, 1.82) is 0 Å². The Morgan fingerprint density at radius 1 is 0.857 bits per heavy atom. The van der Waals surface area contributed by atoms with Gasteiger partial charge < -0.3 is 20.3 Å². The van der Waals surface area contributed by atoms with E-state index in [1.807, 2.05) is 6.92 Å². The number of carbonyl (C=O) groups is 1. The number of phenolic OH excluding ortho intramolecular Hbond substituents is 2. The van der Waals surface area contributed by atoms with E-state index in [2.05, 4.69) is 10.0 Å². The Bertz CT molecular complexity index is 1280. The third-order valence-corrected chi connectivity index (χ3v) is 6.53. The summed E-state index contributed by atoms with van der Waals surface area (Å²) in [5.41, 5.74) is 0.925. The van der Waals surface area contributed by atoms with E-state index >= 15 is 0 Å². The van der Waals surface area contributed by atoms with Crippen molar-refractivity contribution >= 4 is 16.1 Å². The third kappa shape index (κ3) is 7.21. The molecule has 0 fully saturated rings. The van der Waals surface area contributed by atoms with Crippen LogP contribution in [-0.2, 0) is 14.8 Å². The summed E-state index contributed by atoms with van der Waals surface area (Å²) in [6, 6.07) is 16.5. The molecule has 0 saturated carbocycles. The zero-order chi connectivity index (χ0) is 25.8. The number of rotatable bonds is 7. The summed E-state index contributed by atoms with van der Waals surface area (Å²) in [6.45, 7) is 6.98. The molecule has 2 atom stereocenters. The van der Waals surface area contributed by atoms with Crippen LogP contribution in [0.3, 0.4) is 0 Å². The summed E-state index contributed by atoms with van der Waals surface area (Å²) in [4.78, 5) is 12.8. The first kappa shape index (κ1) is 26.1. The highest BCUT2D eigenvalue weighted by Gasteiger charge is 2.33. The lowest BCUT2D eigenvalue weighted by Gasteiger charge is -2.31. The van der Waals surface area contributed by atoms with Crippen molar-refractivity contribution in [3.8, 4) is 11.5 Å². The molecule has 0 unspecified atom stereocenters. The van der Waals surface area contributed by atoms with E-state index in [1.54, 1.807) is 57.2 Å². The molecule has 0 heterocycles. The molecule has 0 saturated heterocycles. The lowest BCUT2D eigenvalue weighted by atomic mass is 9.94. The van der Waals surface area contributed by atoms with Gasteiger partial charge >= 0.3 is 6.09 Å². The van der Waals surface area contributed by atoms with Gasteiger partial charge in [0.1, 0.15) is 17.1 Å². The van der Waals surface area contributed by atoms with Crippen LogP contribution in [-0.4, -0.2) is 30.3 Å². The van der Waals surface area contributed by atoms with Crippen LogP contribution in [0.15, 0.2) is 77.7 Å².